The third-order valence-corrected chi connectivity index (χ3v) is 5.56. The van der Waals surface area contributed by atoms with E-state index >= 15 is 0 Å². The molecule has 1 saturated heterocycles. The van der Waals surface area contributed by atoms with Gasteiger partial charge in [0, 0.05) is 12.6 Å². The number of hydrogen-bond donors (Lipinski definition) is 0. The van der Waals surface area contributed by atoms with Crippen LogP contribution in [0.4, 0.5) is 9.18 Å². The van der Waals surface area contributed by atoms with Gasteiger partial charge in [0.15, 0.2) is 0 Å². The first-order valence-electron chi connectivity index (χ1n) is 8.55. The Hall–Kier alpha value is -2.15. The number of nitrogens with zero attached hydrogens (tertiary/aromatic N) is 2. The molecule has 1 spiro atoms. The molecule has 2 aliphatic rings. The predicted molar refractivity (Wildman–Crippen MR) is 91.9 cm³/mol. The first-order valence-corrected chi connectivity index (χ1v) is 8.93. The van der Waals surface area contributed by atoms with E-state index in [2.05, 4.69) is 0 Å². The number of carbonyl (C=O) groups is 3. The van der Waals surface area contributed by atoms with Crippen molar-refractivity contribution in [1.29, 1.82) is 0 Å². The van der Waals surface area contributed by atoms with Gasteiger partial charge in [0.05, 0.1) is 5.02 Å². The van der Waals surface area contributed by atoms with Crippen LogP contribution in [0, 0.1) is 5.82 Å². The van der Waals surface area contributed by atoms with Crippen LogP contribution in [-0.4, -0.2) is 46.8 Å². The summed E-state index contributed by atoms with van der Waals surface area (Å²) < 4.78 is 18.8. The van der Waals surface area contributed by atoms with Crippen molar-refractivity contribution in [3.8, 4) is 0 Å². The van der Waals surface area contributed by atoms with E-state index in [-0.39, 0.29) is 23.1 Å². The molecule has 8 heteroatoms. The van der Waals surface area contributed by atoms with Crippen molar-refractivity contribution in [2.24, 2.45) is 0 Å². The van der Waals surface area contributed by atoms with Gasteiger partial charge in [0.2, 0.25) is 0 Å². The van der Waals surface area contributed by atoms with E-state index in [1.165, 1.54) is 23.1 Å². The molecule has 3 amide bonds. The van der Waals surface area contributed by atoms with Crippen LogP contribution in [0.3, 0.4) is 0 Å². The van der Waals surface area contributed by atoms with E-state index in [4.69, 9.17) is 16.3 Å². The van der Waals surface area contributed by atoms with Crippen molar-refractivity contribution in [3.05, 3.63) is 34.6 Å². The van der Waals surface area contributed by atoms with Gasteiger partial charge >= 0.3 is 12.0 Å². The fourth-order valence-electron chi connectivity index (χ4n) is 3.67. The minimum Gasteiger partial charge on any atom is -0.459 e. The summed E-state index contributed by atoms with van der Waals surface area (Å²) in [5, 5.41) is 0.145. The summed E-state index contributed by atoms with van der Waals surface area (Å²) in [7, 11) is 1.59. The van der Waals surface area contributed by atoms with Crippen molar-refractivity contribution in [1.82, 2.24) is 9.80 Å². The highest BCUT2D eigenvalue weighted by molar-refractivity contribution is 6.31. The molecule has 0 atom stereocenters. The van der Waals surface area contributed by atoms with Gasteiger partial charge in [-0.3, -0.25) is 14.5 Å². The molecule has 1 aliphatic carbocycles. The lowest BCUT2D eigenvalue weighted by molar-refractivity contribution is -0.149. The van der Waals surface area contributed by atoms with Crippen LogP contribution >= 0.6 is 11.6 Å². The van der Waals surface area contributed by atoms with Crippen LogP contribution in [0.2, 0.25) is 5.02 Å². The summed E-state index contributed by atoms with van der Waals surface area (Å²) >= 11 is 5.89. The minimum atomic E-state index is -0.843. The van der Waals surface area contributed by atoms with Crippen LogP contribution in [0.5, 0.6) is 0 Å². The summed E-state index contributed by atoms with van der Waals surface area (Å²) in [6.45, 7) is -0.850. The number of urea groups is 1. The van der Waals surface area contributed by atoms with E-state index in [0.29, 0.717) is 12.8 Å². The summed E-state index contributed by atoms with van der Waals surface area (Å²) in [4.78, 5) is 39.7. The average molecular weight is 383 g/mol. The van der Waals surface area contributed by atoms with Crippen molar-refractivity contribution < 1.29 is 23.5 Å². The highest BCUT2D eigenvalue weighted by Crippen LogP contribution is 2.39. The van der Waals surface area contributed by atoms with E-state index in [0.717, 1.165) is 24.2 Å². The Morgan fingerprint density at radius 3 is 2.62 bits per heavy atom. The minimum absolute atomic E-state index is 0.0578. The second-order valence-corrected chi connectivity index (χ2v) is 7.09. The zero-order valence-electron chi connectivity index (χ0n) is 14.5. The molecule has 0 aromatic heterocycles. The zero-order valence-corrected chi connectivity index (χ0v) is 15.2. The second-order valence-electron chi connectivity index (χ2n) is 6.69. The summed E-state index contributed by atoms with van der Waals surface area (Å²) in [6, 6.07) is 3.65. The number of halogens is 2. The number of amides is 3. The second kappa shape index (κ2) is 7.23. The van der Waals surface area contributed by atoms with Crippen LogP contribution in [0.1, 0.15) is 37.7 Å². The van der Waals surface area contributed by atoms with Gasteiger partial charge in [-0.1, -0.05) is 36.9 Å². The Balaban J connectivity index is 1.66. The van der Waals surface area contributed by atoms with E-state index in [9.17, 15) is 18.8 Å². The predicted octanol–water partition coefficient (Wildman–Crippen LogP) is 3.12. The molecule has 0 radical (unpaired) electrons. The summed E-state index contributed by atoms with van der Waals surface area (Å²) in [6.07, 6.45) is 3.97. The van der Waals surface area contributed by atoms with Gasteiger partial charge in [-0.05, 0) is 25.0 Å². The molecule has 1 heterocycles. The largest absolute Gasteiger partial charge is 0.459 e. The molecule has 1 aromatic rings. The van der Waals surface area contributed by atoms with Crippen LogP contribution < -0.4 is 0 Å². The molecule has 1 aliphatic heterocycles. The molecule has 0 unspecified atom stereocenters. The topological polar surface area (TPSA) is 66.9 Å². The van der Waals surface area contributed by atoms with Crippen molar-refractivity contribution in [2.45, 2.75) is 44.2 Å². The molecule has 6 nitrogen and oxygen atoms in total. The molecular weight excluding hydrogens is 363 g/mol. The van der Waals surface area contributed by atoms with Crippen molar-refractivity contribution >= 4 is 29.5 Å². The maximum Gasteiger partial charge on any atom is 0.327 e. The number of ether oxygens (including phenoxy) is 1. The Labute approximate surface area is 155 Å². The van der Waals surface area contributed by atoms with Gasteiger partial charge in [-0.25, -0.2) is 9.18 Å². The van der Waals surface area contributed by atoms with Gasteiger partial charge in [0.25, 0.3) is 5.91 Å². The number of carbonyl (C=O) groups excluding carboxylic acids is 3. The van der Waals surface area contributed by atoms with Crippen LogP contribution in [0.15, 0.2) is 18.2 Å². The van der Waals surface area contributed by atoms with Gasteiger partial charge in [-0.2, -0.15) is 0 Å². The highest BCUT2D eigenvalue weighted by Gasteiger charge is 2.55. The Morgan fingerprint density at radius 2 is 1.96 bits per heavy atom. The molecule has 1 aromatic carbocycles. The number of likely N-dealkylation sites (N-methyl/N-ethyl adjacent to an activating group) is 1. The number of esters is 1. The molecule has 26 heavy (non-hydrogen) atoms. The zero-order chi connectivity index (χ0) is 18.9. The lowest BCUT2D eigenvalue weighted by atomic mass is 9.81. The highest BCUT2D eigenvalue weighted by atomic mass is 35.5. The van der Waals surface area contributed by atoms with E-state index < -0.39 is 29.9 Å². The van der Waals surface area contributed by atoms with Gasteiger partial charge in [-0.15, -0.1) is 0 Å². The Kier molecular flexibility index (Phi) is 5.18. The van der Waals surface area contributed by atoms with Crippen molar-refractivity contribution in [2.75, 3.05) is 13.6 Å². The normalized spacial score (nSPS) is 19.3. The molecule has 2 fully saturated rings. The fraction of sp³-hybridized carbons (Fsp3) is 0.500. The third-order valence-electron chi connectivity index (χ3n) is 5.21. The SMILES string of the molecule is CN1C(=O)N(CC(=O)OCc2c(F)cccc2Cl)C(=O)C12CCCCC2. The monoisotopic (exact) mass is 382 g/mol. The smallest absolute Gasteiger partial charge is 0.327 e. The lowest BCUT2D eigenvalue weighted by Crippen LogP contribution is -2.49. The summed E-state index contributed by atoms with van der Waals surface area (Å²) in [5.41, 5.74) is -0.785. The van der Waals surface area contributed by atoms with E-state index in [1.807, 2.05) is 0 Å². The average Bonchev–Trinajstić information content (AvgIpc) is 2.78. The molecular formula is C18H20ClFN2O4. The molecule has 0 N–H and O–H groups in total. The first-order chi connectivity index (χ1) is 12.4. The molecule has 0 bridgehead atoms. The maximum absolute atomic E-state index is 13.7. The standard InChI is InChI=1S/C18H20ClFN2O4/c1-21-17(25)22(16(24)18(21)8-3-2-4-9-18)10-15(23)26-11-12-13(19)6-5-7-14(12)20/h5-7H,2-4,8-11H2,1H3. The number of benzene rings is 1. The molecule has 140 valence electrons. The molecule has 1 saturated carbocycles. The number of hydrogen-bond acceptors (Lipinski definition) is 4. The number of rotatable bonds is 4. The van der Waals surface area contributed by atoms with E-state index in [1.54, 1.807) is 7.05 Å². The number of imide groups is 1. The Morgan fingerprint density at radius 1 is 1.27 bits per heavy atom. The van der Waals surface area contributed by atoms with Gasteiger partial charge < -0.3 is 9.64 Å². The fourth-order valence-corrected chi connectivity index (χ4v) is 3.89. The van der Waals surface area contributed by atoms with Crippen LogP contribution in [-0.2, 0) is 20.9 Å². The lowest BCUT2D eigenvalue weighted by Gasteiger charge is -2.35. The molecule has 3 rings (SSSR count). The third kappa shape index (κ3) is 3.16. The van der Waals surface area contributed by atoms with Gasteiger partial charge in [0.1, 0.15) is 24.5 Å². The summed E-state index contributed by atoms with van der Waals surface area (Å²) in [5.74, 6) is -1.72. The van der Waals surface area contributed by atoms with Crippen molar-refractivity contribution in [3.63, 3.8) is 0 Å². The Bertz CT molecular complexity index is 728. The quantitative estimate of drug-likeness (QED) is 0.592. The maximum atomic E-state index is 13.7. The first kappa shape index (κ1) is 18.6. The van der Waals surface area contributed by atoms with Crippen LogP contribution in [0.25, 0.3) is 0 Å².